The molecular weight excluding hydrogens is 414 g/mol. The Bertz CT molecular complexity index is 971. The molecule has 0 radical (unpaired) electrons. The number of benzene rings is 2. The molecule has 1 atom stereocenters. The molecule has 2 N–H and O–H groups in total. The fourth-order valence-corrected chi connectivity index (χ4v) is 4.86. The molecule has 2 aromatic carbocycles. The van der Waals surface area contributed by atoms with Crippen LogP contribution in [0.2, 0.25) is 0 Å². The molecule has 2 heterocycles. The number of nitrogens with one attached hydrogen (secondary N) is 2. The Kier molecular flexibility index (Phi) is 6.46. The zero-order valence-corrected chi connectivity index (χ0v) is 18.1. The van der Waals surface area contributed by atoms with Crippen molar-refractivity contribution >= 4 is 40.9 Å². The highest BCUT2D eigenvalue weighted by Gasteiger charge is 2.37. The molecular formula is C23H25N3O4S. The number of para-hydroxylation sites is 1. The molecule has 4 rings (SSSR count). The topological polar surface area (TPSA) is 87.7 Å². The maximum atomic E-state index is 13.0. The summed E-state index contributed by atoms with van der Waals surface area (Å²) in [6.07, 6.45) is 1.15. The van der Waals surface area contributed by atoms with Gasteiger partial charge in [0, 0.05) is 29.6 Å². The number of thioether (sulfide) groups is 1. The molecule has 1 saturated heterocycles. The fourth-order valence-electron chi connectivity index (χ4n) is 3.79. The van der Waals surface area contributed by atoms with Crippen LogP contribution in [0, 0.1) is 5.92 Å². The molecule has 2 aliphatic heterocycles. The van der Waals surface area contributed by atoms with E-state index in [0.717, 1.165) is 22.0 Å². The van der Waals surface area contributed by atoms with Crippen LogP contribution in [0.25, 0.3) is 0 Å². The number of amides is 3. The van der Waals surface area contributed by atoms with Gasteiger partial charge in [-0.3, -0.25) is 14.4 Å². The molecule has 0 spiro atoms. The lowest BCUT2D eigenvalue weighted by Gasteiger charge is -2.34. The molecule has 0 saturated carbocycles. The van der Waals surface area contributed by atoms with Crippen molar-refractivity contribution < 1.29 is 19.1 Å². The normalized spacial score (nSPS) is 18.7. The van der Waals surface area contributed by atoms with Crippen molar-refractivity contribution in [3.8, 4) is 5.75 Å². The Morgan fingerprint density at radius 1 is 1.13 bits per heavy atom. The van der Waals surface area contributed by atoms with Gasteiger partial charge in [0.05, 0.1) is 12.3 Å². The smallest absolute Gasteiger partial charge is 0.247 e. The third kappa shape index (κ3) is 4.85. The SMILES string of the molecule is CCOc1ccc(NC(=O)C2CCN(C(=O)[C@H]3Sc4ccccc4NC3=O)CC2)cc1. The van der Waals surface area contributed by atoms with Gasteiger partial charge in [-0.25, -0.2) is 0 Å². The Morgan fingerprint density at radius 3 is 2.55 bits per heavy atom. The minimum absolute atomic E-state index is 0.0463. The third-order valence-corrected chi connectivity index (χ3v) is 6.72. The first-order valence-corrected chi connectivity index (χ1v) is 11.3. The number of hydrogen-bond donors (Lipinski definition) is 2. The highest BCUT2D eigenvalue weighted by atomic mass is 32.2. The summed E-state index contributed by atoms with van der Waals surface area (Å²) in [5.74, 6) is 0.0742. The highest BCUT2D eigenvalue weighted by molar-refractivity contribution is 8.01. The molecule has 7 nitrogen and oxygen atoms in total. The second-order valence-corrected chi connectivity index (χ2v) is 8.68. The first kappa shape index (κ1) is 21.2. The number of likely N-dealkylation sites (tertiary alicyclic amines) is 1. The Hall–Kier alpha value is -3.00. The van der Waals surface area contributed by atoms with E-state index >= 15 is 0 Å². The number of nitrogens with zero attached hydrogens (tertiary/aromatic N) is 1. The average Bonchev–Trinajstić information content (AvgIpc) is 2.79. The number of rotatable bonds is 5. The number of hydrogen-bond acceptors (Lipinski definition) is 5. The summed E-state index contributed by atoms with van der Waals surface area (Å²) in [6.45, 7) is 3.44. The van der Waals surface area contributed by atoms with Gasteiger partial charge in [-0.2, -0.15) is 0 Å². The zero-order chi connectivity index (χ0) is 21.8. The van der Waals surface area contributed by atoms with Crippen molar-refractivity contribution in [1.29, 1.82) is 0 Å². The van der Waals surface area contributed by atoms with E-state index in [1.807, 2.05) is 55.5 Å². The van der Waals surface area contributed by atoms with Gasteiger partial charge in [0.1, 0.15) is 5.75 Å². The average molecular weight is 440 g/mol. The van der Waals surface area contributed by atoms with Gasteiger partial charge in [-0.15, -0.1) is 11.8 Å². The molecule has 0 aromatic heterocycles. The molecule has 2 aliphatic rings. The van der Waals surface area contributed by atoms with Gasteiger partial charge in [0.25, 0.3) is 0 Å². The van der Waals surface area contributed by atoms with Gasteiger partial charge in [-0.1, -0.05) is 12.1 Å². The largest absolute Gasteiger partial charge is 0.494 e. The number of carbonyl (C=O) groups excluding carboxylic acids is 3. The molecule has 1 fully saturated rings. The van der Waals surface area contributed by atoms with Crippen molar-refractivity contribution in [3.63, 3.8) is 0 Å². The van der Waals surface area contributed by atoms with E-state index in [4.69, 9.17) is 4.74 Å². The predicted octanol–water partition coefficient (Wildman–Crippen LogP) is 3.38. The zero-order valence-electron chi connectivity index (χ0n) is 17.3. The second-order valence-electron chi connectivity index (χ2n) is 7.53. The maximum Gasteiger partial charge on any atom is 0.247 e. The lowest BCUT2D eigenvalue weighted by Crippen LogP contribution is -2.48. The van der Waals surface area contributed by atoms with Crippen LogP contribution in [0.15, 0.2) is 53.4 Å². The summed E-state index contributed by atoms with van der Waals surface area (Å²) in [4.78, 5) is 40.6. The summed E-state index contributed by atoms with van der Waals surface area (Å²) >= 11 is 1.29. The Balaban J connectivity index is 1.30. The van der Waals surface area contributed by atoms with E-state index in [0.29, 0.717) is 32.5 Å². The number of anilines is 2. The van der Waals surface area contributed by atoms with Crippen molar-refractivity contribution in [2.45, 2.75) is 29.9 Å². The summed E-state index contributed by atoms with van der Waals surface area (Å²) < 4.78 is 5.41. The van der Waals surface area contributed by atoms with E-state index in [1.54, 1.807) is 4.90 Å². The standard InChI is InChI=1S/C23H25N3O4S/c1-2-30-17-9-7-16(8-10-17)24-21(27)15-11-13-26(14-12-15)23(29)20-22(28)25-18-5-3-4-6-19(18)31-20/h3-10,15,20H,2,11-14H2,1H3,(H,24,27)(H,25,28)/t20-/m0/s1. The van der Waals surface area contributed by atoms with E-state index in [2.05, 4.69) is 10.6 Å². The van der Waals surface area contributed by atoms with E-state index in [1.165, 1.54) is 11.8 Å². The molecule has 0 bridgehead atoms. The van der Waals surface area contributed by atoms with Crippen LogP contribution in [0.1, 0.15) is 19.8 Å². The van der Waals surface area contributed by atoms with Crippen LogP contribution < -0.4 is 15.4 Å². The summed E-state index contributed by atoms with van der Waals surface area (Å²) in [7, 11) is 0. The van der Waals surface area contributed by atoms with Crippen molar-refractivity contribution in [2.24, 2.45) is 5.92 Å². The van der Waals surface area contributed by atoms with Crippen molar-refractivity contribution in [3.05, 3.63) is 48.5 Å². The van der Waals surface area contributed by atoms with Crippen LogP contribution >= 0.6 is 11.8 Å². The molecule has 31 heavy (non-hydrogen) atoms. The summed E-state index contributed by atoms with van der Waals surface area (Å²) in [5, 5.41) is 4.97. The lowest BCUT2D eigenvalue weighted by atomic mass is 9.95. The van der Waals surface area contributed by atoms with Crippen LogP contribution in [0.3, 0.4) is 0 Å². The maximum absolute atomic E-state index is 13.0. The van der Waals surface area contributed by atoms with Gasteiger partial charge in [-0.05, 0) is 56.2 Å². The minimum atomic E-state index is -0.788. The van der Waals surface area contributed by atoms with E-state index in [9.17, 15) is 14.4 Å². The van der Waals surface area contributed by atoms with Gasteiger partial charge in [0.15, 0.2) is 5.25 Å². The highest BCUT2D eigenvalue weighted by Crippen LogP contribution is 2.36. The molecule has 3 amide bonds. The van der Waals surface area contributed by atoms with Gasteiger partial charge < -0.3 is 20.3 Å². The molecule has 0 aliphatic carbocycles. The first-order chi connectivity index (χ1) is 15.0. The van der Waals surface area contributed by atoms with E-state index < -0.39 is 5.25 Å². The van der Waals surface area contributed by atoms with Crippen LogP contribution in [0.5, 0.6) is 5.75 Å². The quantitative estimate of drug-likeness (QED) is 0.698. The Morgan fingerprint density at radius 2 is 1.84 bits per heavy atom. The van der Waals surface area contributed by atoms with Crippen molar-refractivity contribution in [2.75, 3.05) is 30.3 Å². The van der Waals surface area contributed by atoms with Gasteiger partial charge in [0.2, 0.25) is 17.7 Å². The molecule has 0 unspecified atom stereocenters. The molecule has 8 heteroatoms. The van der Waals surface area contributed by atoms with Crippen LogP contribution in [0.4, 0.5) is 11.4 Å². The predicted molar refractivity (Wildman–Crippen MR) is 120 cm³/mol. The lowest BCUT2D eigenvalue weighted by molar-refractivity contribution is -0.136. The number of carbonyl (C=O) groups is 3. The van der Waals surface area contributed by atoms with Crippen LogP contribution in [-0.2, 0) is 14.4 Å². The summed E-state index contributed by atoms with van der Waals surface area (Å²) in [5.41, 5.74) is 1.46. The molecule has 2 aromatic rings. The number of ether oxygens (including phenoxy) is 1. The van der Waals surface area contributed by atoms with E-state index in [-0.39, 0.29) is 23.6 Å². The number of fused-ring (bicyclic) bond motifs is 1. The minimum Gasteiger partial charge on any atom is -0.494 e. The second kappa shape index (κ2) is 9.43. The molecule has 162 valence electrons. The number of piperidine rings is 1. The fraction of sp³-hybridized carbons (Fsp3) is 0.348. The third-order valence-electron chi connectivity index (χ3n) is 5.46. The summed E-state index contributed by atoms with van der Waals surface area (Å²) in [6, 6.07) is 14.8. The first-order valence-electron chi connectivity index (χ1n) is 10.4. The van der Waals surface area contributed by atoms with Gasteiger partial charge >= 0.3 is 0 Å². The van der Waals surface area contributed by atoms with Crippen LogP contribution in [-0.4, -0.2) is 47.6 Å². The Labute approximate surface area is 185 Å². The van der Waals surface area contributed by atoms with Crippen molar-refractivity contribution in [1.82, 2.24) is 4.90 Å². The monoisotopic (exact) mass is 439 g/mol.